The molecular formula is C10H9BrO2S. The summed E-state index contributed by atoms with van der Waals surface area (Å²) in [7, 11) is 1.61. The number of benzene rings is 1. The number of rotatable bonds is 2. The van der Waals surface area contributed by atoms with Gasteiger partial charge < -0.3 is 9.84 Å². The number of aliphatic hydroxyl groups excluding tert-OH is 1. The summed E-state index contributed by atoms with van der Waals surface area (Å²) in [4.78, 5) is 0. The molecule has 2 aromatic rings. The van der Waals surface area contributed by atoms with Crippen LogP contribution < -0.4 is 4.74 Å². The zero-order chi connectivity index (χ0) is 10.1. The molecule has 1 aromatic heterocycles. The van der Waals surface area contributed by atoms with Crippen molar-refractivity contribution in [3.63, 3.8) is 0 Å². The molecule has 0 aliphatic carbocycles. The number of fused-ring (bicyclic) bond motifs is 1. The van der Waals surface area contributed by atoms with E-state index in [1.54, 1.807) is 18.4 Å². The molecule has 0 radical (unpaired) electrons. The molecule has 0 saturated heterocycles. The smallest absolute Gasteiger partial charge is 0.125 e. The summed E-state index contributed by atoms with van der Waals surface area (Å²) in [5, 5.41) is 10.3. The van der Waals surface area contributed by atoms with Crippen LogP contribution in [-0.4, -0.2) is 12.2 Å². The zero-order valence-corrected chi connectivity index (χ0v) is 9.98. The molecule has 2 nitrogen and oxygen atoms in total. The predicted octanol–water partition coefficient (Wildman–Crippen LogP) is 3.16. The third-order valence-electron chi connectivity index (χ3n) is 2.12. The fraction of sp³-hybridized carbons (Fsp3) is 0.200. The lowest BCUT2D eigenvalue weighted by atomic mass is 10.1. The number of ether oxygens (including phenoxy) is 1. The maximum Gasteiger partial charge on any atom is 0.125 e. The number of aliphatic hydroxyl groups is 1. The Morgan fingerprint density at radius 2 is 2.29 bits per heavy atom. The molecule has 1 aromatic carbocycles. The molecule has 0 atom stereocenters. The summed E-state index contributed by atoms with van der Waals surface area (Å²) < 4.78 is 7.40. The molecule has 74 valence electrons. The molecule has 4 heteroatoms. The summed E-state index contributed by atoms with van der Waals surface area (Å²) >= 11 is 5.08. The van der Waals surface area contributed by atoms with Gasteiger partial charge in [-0.05, 0) is 34.1 Å². The van der Waals surface area contributed by atoms with Gasteiger partial charge in [-0.15, -0.1) is 11.3 Å². The Kier molecular flexibility index (Phi) is 2.76. The van der Waals surface area contributed by atoms with E-state index < -0.39 is 0 Å². The van der Waals surface area contributed by atoms with E-state index in [2.05, 4.69) is 15.9 Å². The molecule has 0 bridgehead atoms. The molecule has 0 aliphatic rings. The standard InChI is InChI=1S/C10H9BrO2S/c1-13-8-2-3-9-6(7(8)5-12)4-10(11)14-9/h2-4,12H,5H2,1H3. The average molecular weight is 273 g/mol. The van der Waals surface area contributed by atoms with E-state index in [0.717, 1.165) is 25.2 Å². The average Bonchev–Trinajstić information content (AvgIpc) is 2.56. The Hall–Kier alpha value is -0.580. The van der Waals surface area contributed by atoms with E-state index in [1.165, 1.54) is 0 Å². The summed E-state index contributed by atoms with van der Waals surface area (Å²) in [5.74, 6) is 0.741. The summed E-state index contributed by atoms with van der Waals surface area (Å²) in [6.45, 7) is 0.00366. The Balaban J connectivity index is 2.75. The largest absolute Gasteiger partial charge is 0.496 e. The van der Waals surface area contributed by atoms with Crippen molar-refractivity contribution < 1.29 is 9.84 Å². The van der Waals surface area contributed by atoms with Gasteiger partial charge in [-0.3, -0.25) is 0 Å². The molecule has 0 fully saturated rings. The predicted molar refractivity (Wildman–Crippen MR) is 62.0 cm³/mol. The van der Waals surface area contributed by atoms with Crippen LogP contribution in [0.4, 0.5) is 0 Å². The van der Waals surface area contributed by atoms with E-state index in [4.69, 9.17) is 4.74 Å². The Morgan fingerprint density at radius 3 is 2.93 bits per heavy atom. The third kappa shape index (κ3) is 1.54. The van der Waals surface area contributed by atoms with Gasteiger partial charge in [0.05, 0.1) is 17.5 Å². The molecular weight excluding hydrogens is 264 g/mol. The van der Waals surface area contributed by atoms with Crippen LogP contribution in [-0.2, 0) is 6.61 Å². The Bertz CT molecular complexity index is 464. The molecule has 2 rings (SSSR count). The Morgan fingerprint density at radius 1 is 1.50 bits per heavy atom. The maximum atomic E-state index is 9.27. The normalized spacial score (nSPS) is 10.8. The van der Waals surface area contributed by atoms with Gasteiger partial charge in [0.2, 0.25) is 0 Å². The molecule has 1 heterocycles. The van der Waals surface area contributed by atoms with Crippen molar-refractivity contribution in [2.75, 3.05) is 7.11 Å². The van der Waals surface area contributed by atoms with Gasteiger partial charge in [-0.2, -0.15) is 0 Å². The molecule has 14 heavy (non-hydrogen) atoms. The number of hydrogen-bond acceptors (Lipinski definition) is 3. The lowest BCUT2D eigenvalue weighted by molar-refractivity contribution is 0.275. The highest BCUT2D eigenvalue weighted by Crippen LogP contribution is 2.35. The molecule has 1 N–H and O–H groups in total. The van der Waals surface area contributed by atoms with Crippen molar-refractivity contribution in [2.24, 2.45) is 0 Å². The van der Waals surface area contributed by atoms with E-state index in [0.29, 0.717) is 0 Å². The van der Waals surface area contributed by atoms with Crippen LogP contribution in [0.15, 0.2) is 22.0 Å². The lowest BCUT2D eigenvalue weighted by Gasteiger charge is -2.06. The van der Waals surface area contributed by atoms with Gasteiger partial charge >= 0.3 is 0 Å². The van der Waals surface area contributed by atoms with Gasteiger partial charge in [-0.1, -0.05) is 0 Å². The van der Waals surface area contributed by atoms with Crippen LogP contribution in [0.2, 0.25) is 0 Å². The van der Waals surface area contributed by atoms with E-state index in [1.807, 2.05) is 18.2 Å². The van der Waals surface area contributed by atoms with Crippen molar-refractivity contribution in [1.29, 1.82) is 0 Å². The number of methoxy groups -OCH3 is 1. The highest BCUT2D eigenvalue weighted by molar-refractivity contribution is 9.11. The first-order valence-electron chi connectivity index (χ1n) is 4.12. The van der Waals surface area contributed by atoms with Gasteiger partial charge in [0.25, 0.3) is 0 Å². The topological polar surface area (TPSA) is 29.5 Å². The summed E-state index contributed by atoms with van der Waals surface area (Å²) in [6, 6.07) is 5.90. The van der Waals surface area contributed by atoms with Crippen molar-refractivity contribution in [3.8, 4) is 5.75 Å². The second kappa shape index (κ2) is 3.88. The number of hydrogen-bond donors (Lipinski definition) is 1. The van der Waals surface area contributed by atoms with Gasteiger partial charge in [0.15, 0.2) is 0 Å². The zero-order valence-electron chi connectivity index (χ0n) is 7.58. The summed E-state index contributed by atoms with van der Waals surface area (Å²) in [5.41, 5.74) is 0.854. The van der Waals surface area contributed by atoms with Crippen LogP contribution in [0.3, 0.4) is 0 Å². The van der Waals surface area contributed by atoms with Crippen LogP contribution in [0, 0.1) is 0 Å². The maximum absolute atomic E-state index is 9.27. The second-order valence-corrected chi connectivity index (χ2v) is 5.33. The highest BCUT2D eigenvalue weighted by atomic mass is 79.9. The quantitative estimate of drug-likeness (QED) is 0.910. The van der Waals surface area contributed by atoms with Crippen LogP contribution >= 0.6 is 27.3 Å². The van der Waals surface area contributed by atoms with Crippen molar-refractivity contribution in [3.05, 3.63) is 27.5 Å². The van der Waals surface area contributed by atoms with Crippen LogP contribution in [0.25, 0.3) is 10.1 Å². The number of halogens is 1. The third-order valence-corrected chi connectivity index (χ3v) is 3.72. The van der Waals surface area contributed by atoms with Crippen LogP contribution in [0.1, 0.15) is 5.56 Å². The minimum Gasteiger partial charge on any atom is -0.496 e. The number of thiophene rings is 1. The van der Waals surface area contributed by atoms with E-state index >= 15 is 0 Å². The monoisotopic (exact) mass is 272 g/mol. The van der Waals surface area contributed by atoms with Crippen molar-refractivity contribution >= 4 is 37.4 Å². The molecule has 0 saturated carbocycles. The molecule has 0 unspecified atom stereocenters. The molecule has 0 amide bonds. The van der Waals surface area contributed by atoms with E-state index in [9.17, 15) is 5.11 Å². The first-order valence-corrected chi connectivity index (χ1v) is 5.73. The van der Waals surface area contributed by atoms with Crippen molar-refractivity contribution in [2.45, 2.75) is 6.61 Å². The lowest BCUT2D eigenvalue weighted by Crippen LogP contribution is -1.91. The minimum atomic E-state index is 0.00366. The van der Waals surface area contributed by atoms with E-state index in [-0.39, 0.29) is 6.61 Å². The molecule has 0 spiro atoms. The fourth-order valence-corrected chi connectivity index (χ4v) is 3.04. The minimum absolute atomic E-state index is 0.00366. The summed E-state index contributed by atoms with van der Waals surface area (Å²) in [6.07, 6.45) is 0. The van der Waals surface area contributed by atoms with Gasteiger partial charge in [0, 0.05) is 15.6 Å². The Labute approximate surface area is 94.3 Å². The van der Waals surface area contributed by atoms with Crippen molar-refractivity contribution in [1.82, 2.24) is 0 Å². The second-order valence-electron chi connectivity index (χ2n) is 2.87. The van der Waals surface area contributed by atoms with Gasteiger partial charge in [0.1, 0.15) is 5.75 Å². The fourth-order valence-electron chi connectivity index (χ4n) is 1.47. The van der Waals surface area contributed by atoms with Gasteiger partial charge in [-0.25, -0.2) is 0 Å². The highest BCUT2D eigenvalue weighted by Gasteiger charge is 2.09. The van der Waals surface area contributed by atoms with Crippen LogP contribution in [0.5, 0.6) is 5.75 Å². The SMILES string of the molecule is COc1ccc2sc(Br)cc2c1CO. The molecule has 0 aliphatic heterocycles. The first kappa shape index (κ1) is 9.96. The first-order chi connectivity index (χ1) is 6.76.